The van der Waals surface area contributed by atoms with Gasteiger partial charge in [-0.3, -0.25) is 0 Å². The number of hydrogen-bond acceptors (Lipinski definition) is 5. The molecule has 0 aliphatic heterocycles. The van der Waals surface area contributed by atoms with Crippen molar-refractivity contribution >= 4 is 16.1 Å². The molecule has 0 saturated carbocycles. The Morgan fingerprint density at radius 3 is 2.26 bits per heavy atom. The minimum atomic E-state index is -3.58. The number of rotatable bonds is 7. The monoisotopic (exact) mass is 389 g/mol. The Morgan fingerprint density at radius 2 is 1.63 bits per heavy atom. The quantitative estimate of drug-likeness (QED) is 0.788. The fourth-order valence-corrected chi connectivity index (χ4v) is 4.32. The zero-order chi connectivity index (χ0) is 19.4. The zero-order valence-corrected chi connectivity index (χ0v) is 16.4. The van der Waals surface area contributed by atoms with Crippen molar-refractivity contribution in [1.29, 1.82) is 0 Å². The van der Waals surface area contributed by atoms with Gasteiger partial charge in [0.1, 0.15) is 0 Å². The number of fused-ring (bicyclic) bond motifs is 1. The largest absolute Gasteiger partial charge is 0.493 e. The molecule has 1 aliphatic rings. The Morgan fingerprint density at radius 1 is 0.963 bits per heavy atom. The second-order valence-corrected chi connectivity index (χ2v) is 7.99. The van der Waals surface area contributed by atoms with E-state index >= 15 is 0 Å². The van der Waals surface area contributed by atoms with Crippen LogP contribution in [0.1, 0.15) is 23.1 Å². The van der Waals surface area contributed by atoms with Crippen LogP contribution in [0.4, 0.5) is 0 Å². The molecule has 0 bridgehead atoms. The van der Waals surface area contributed by atoms with E-state index in [1.807, 2.05) is 24.3 Å². The number of benzene rings is 2. The summed E-state index contributed by atoms with van der Waals surface area (Å²) in [6.45, 7) is 0.123. The lowest BCUT2D eigenvalue weighted by molar-refractivity contribution is 0.323. The molecule has 0 saturated heterocycles. The molecule has 0 heterocycles. The highest BCUT2D eigenvalue weighted by atomic mass is 32.2. The third kappa shape index (κ3) is 4.09. The van der Waals surface area contributed by atoms with Crippen LogP contribution in [0.25, 0.3) is 6.08 Å². The number of ether oxygens (including phenoxy) is 3. The summed E-state index contributed by atoms with van der Waals surface area (Å²) in [5.41, 5.74) is 2.84. The highest BCUT2D eigenvalue weighted by Crippen LogP contribution is 2.38. The Hall–Kier alpha value is -2.51. The first kappa shape index (κ1) is 19.3. The molecule has 0 spiro atoms. The van der Waals surface area contributed by atoms with Gasteiger partial charge in [0, 0.05) is 6.54 Å². The lowest BCUT2D eigenvalue weighted by atomic mass is 9.98. The molecular weight excluding hydrogens is 366 g/mol. The second-order valence-electron chi connectivity index (χ2n) is 6.17. The molecule has 27 heavy (non-hydrogen) atoms. The fourth-order valence-electron chi connectivity index (χ4n) is 3.13. The van der Waals surface area contributed by atoms with Crippen LogP contribution in [-0.2, 0) is 23.0 Å². The van der Waals surface area contributed by atoms with Crippen LogP contribution in [0.2, 0.25) is 0 Å². The Balaban J connectivity index is 1.81. The van der Waals surface area contributed by atoms with E-state index in [4.69, 9.17) is 14.2 Å². The van der Waals surface area contributed by atoms with Gasteiger partial charge in [0.15, 0.2) is 11.5 Å². The van der Waals surface area contributed by atoms with E-state index in [1.54, 1.807) is 18.2 Å². The van der Waals surface area contributed by atoms with Gasteiger partial charge in [0.2, 0.25) is 15.8 Å². The van der Waals surface area contributed by atoms with Crippen molar-refractivity contribution in [1.82, 2.24) is 4.72 Å². The van der Waals surface area contributed by atoms with E-state index in [0.29, 0.717) is 40.6 Å². The SMILES string of the molecule is COc1cc(CNS(=O)(=O)C2=Cc3ccccc3CC2)cc(OC)c1OC. The average molecular weight is 389 g/mol. The molecule has 0 amide bonds. The van der Waals surface area contributed by atoms with Crippen LogP contribution >= 0.6 is 0 Å². The molecule has 0 aromatic heterocycles. The predicted octanol–water partition coefficient (Wildman–Crippen LogP) is 3.12. The molecule has 0 unspecified atom stereocenters. The predicted molar refractivity (Wildman–Crippen MR) is 105 cm³/mol. The van der Waals surface area contributed by atoms with Crippen LogP contribution in [0.15, 0.2) is 41.3 Å². The van der Waals surface area contributed by atoms with Crippen molar-refractivity contribution in [2.24, 2.45) is 0 Å². The molecule has 2 aromatic rings. The molecule has 0 fully saturated rings. The summed E-state index contributed by atoms with van der Waals surface area (Å²) in [7, 11) is 0.990. The van der Waals surface area contributed by atoms with Crippen molar-refractivity contribution in [3.05, 3.63) is 58.0 Å². The molecule has 2 aromatic carbocycles. The topological polar surface area (TPSA) is 73.9 Å². The van der Waals surface area contributed by atoms with E-state index in [9.17, 15) is 8.42 Å². The van der Waals surface area contributed by atoms with Crippen LogP contribution in [0.3, 0.4) is 0 Å². The summed E-state index contributed by atoms with van der Waals surface area (Å²) in [5, 5.41) is 0. The van der Waals surface area contributed by atoms with Crippen molar-refractivity contribution in [2.45, 2.75) is 19.4 Å². The third-order valence-corrected chi connectivity index (χ3v) is 6.09. The van der Waals surface area contributed by atoms with Crippen molar-refractivity contribution in [3.8, 4) is 17.2 Å². The number of nitrogens with one attached hydrogen (secondary N) is 1. The Kier molecular flexibility index (Phi) is 5.72. The van der Waals surface area contributed by atoms with E-state index < -0.39 is 10.0 Å². The first-order chi connectivity index (χ1) is 13.0. The Labute approximate surface area is 159 Å². The van der Waals surface area contributed by atoms with Crippen molar-refractivity contribution in [3.63, 3.8) is 0 Å². The first-order valence-corrected chi connectivity index (χ1v) is 10.0. The third-order valence-electron chi connectivity index (χ3n) is 4.55. The van der Waals surface area contributed by atoms with Gasteiger partial charge in [0.05, 0.1) is 26.2 Å². The zero-order valence-electron chi connectivity index (χ0n) is 15.6. The number of aryl methyl sites for hydroxylation is 1. The molecule has 6 nitrogen and oxygen atoms in total. The van der Waals surface area contributed by atoms with Gasteiger partial charge in [-0.1, -0.05) is 24.3 Å². The molecule has 7 heteroatoms. The van der Waals surface area contributed by atoms with Gasteiger partial charge in [-0.05, 0) is 47.7 Å². The van der Waals surface area contributed by atoms with E-state index in [2.05, 4.69) is 4.72 Å². The summed E-state index contributed by atoms with van der Waals surface area (Å²) >= 11 is 0. The smallest absolute Gasteiger partial charge is 0.237 e. The Bertz CT molecular complexity index is 941. The number of methoxy groups -OCH3 is 3. The molecule has 1 N–H and O–H groups in total. The van der Waals surface area contributed by atoms with Gasteiger partial charge in [-0.15, -0.1) is 0 Å². The average Bonchev–Trinajstić information content (AvgIpc) is 2.70. The van der Waals surface area contributed by atoms with Crippen molar-refractivity contribution < 1.29 is 22.6 Å². The van der Waals surface area contributed by atoms with Gasteiger partial charge < -0.3 is 14.2 Å². The summed E-state index contributed by atoms with van der Waals surface area (Å²) in [5.74, 6) is 1.44. The minimum Gasteiger partial charge on any atom is -0.493 e. The molecule has 3 rings (SSSR count). The highest BCUT2D eigenvalue weighted by molar-refractivity contribution is 7.93. The van der Waals surface area contributed by atoms with Crippen LogP contribution in [-0.4, -0.2) is 29.7 Å². The van der Waals surface area contributed by atoms with Gasteiger partial charge >= 0.3 is 0 Å². The maximum absolute atomic E-state index is 12.7. The van der Waals surface area contributed by atoms with Crippen LogP contribution in [0, 0.1) is 0 Å². The number of allylic oxidation sites excluding steroid dienone is 1. The van der Waals surface area contributed by atoms with E-state index in [1.165, 1.54) is 26.9 Å². The lowest BCUT2D eigenvalue weighted by Gasteiger charge is -2.18. The normalized spacial score (nSPS) is 13.5. The van der Waals surface area contributed by atoms with Crippen LogP contribution in [0.5, 0.6) is 17.2 Å². The first-order valence-electron chi connectivity index (χ1n) is 8.55. The van der Waals surface area contributed by atoms with Gasteiger partial charge in [0.25, 0.3) is 0 Å². The summed E-state index contributed by atoms with van der Waals surface area (Å²) < 4.78 is 44.1. The molecular formula is C20H23NO5S. The van der Waals surface area contributed by atoms with E-state index in [0.717, 1.165) is 5.56 Å². The summed E-state index contributed by atoms with van der Waals surface area (Å²) in [4.78, 5) is 0.397. The highest BCUT2D eigenvalue weighted by Gasteiger charge is 2.22. The van der Waals surface area contributed by atoms with E-state index in [-0.39, 0.29) is 6.54 Å². The maximum atomic E-state index is 12.7. The van der Waals surface area contributed by atoms with Crippen LogP contribution < -0.4 is 18.9 Å². The molecule has 144 valence electrons. The molecule has 0 atom stereocenters. The summed E-state index contributed by atoms with van der Waals surface area (Å²) in [6, 6.07) is 11.3. The van der Waals surface area contributed by atoms with Gasteiger partial charge in [-0.25, -0.2) is 13.1 Å². The number of hydrogen-bond donors (Lipinski definition) is 1. The molecule has 1 aliphatic carbocycles. The fraction of sp³-hybridized carbons (Fsp3) is 0.300. The molecule has 0 radical (unpaired) electrons. The summed E-state index contributed by atoms with van der Waals surface area (Å²) in [6.07, 6.45) is 2.95. The second kappa shape index (κ2) is 8.02. The minimum absolute atomic E-state index is 0.123. The van der Waals surface area contributed by atoms with Crippen molar-refractivity contribution in [2.75, 3.05) is 21.3 Å². The number of sulfonamides is 1. The van der Waals surface area contributed by atoms with Gasteiger partial charge in [-0.2, -0.15) is 0 Å². The maximum Gasteiger partial charge on any atom is 0.237 e. The standard InChI is InChI=1S/C20H23NO5S/c1-24-18-10-14(11-19(25-2)20(18)26-3)13-21-27(22,23)17-9-8-15-6-4-5-7-16(15)12-17/h4-7,10-12,21H,8-9,13H2,1-3H3. The lowest BCUT2D eigenvalue weighted by Crippen LogP contribution is -2.25.